The lowest BCUT2D eigenvalue weighted by molar-refractivity contribution is 0.0881. The van der Waals surface area contributed by atoms with Crippen LogP contribution in [-0.2, 0) is 10.0 Å². The van der Waals surface area contributed by atoms with Crippen LogP contribution >= 0.6 is 11.3 Å². The van der Waals surface area contributed by atoms with E-state index in [-0.39, 0.29) is 0 Å². The first-order valence-electron chi connectivity index (χ1n) is 6.78. The minimum absolute atomic E-state index is 0.374. The second-order valence-corrected chi connectivity index (χ2v) is 8.69. The summed E-state index contributed by atoms with van der Waals surface area (Å²) in [4.78, 5) is 16.8. The molecule has 0 aliphatic heterocycles. The van der Waals surface area contributed by atoms with Crippen molar-refractivity contribution >= 4 is 27.3 Å². The topological polar surface area (TPSA) is 72.3 Å². The predicted octanol–water partition coefficient (Wildman–Crippen LogP) is 2.36. The van der Waals surface area contributed by atoms with Gasteiger partial charge in [-0.25, -0.2) is 17.7 Å². The van der Waals surface area contributed by atoms with Crippen molar-refractivity contribution in [2.24, 2.45) is 0 Å². The molecule has 2 aromatic heterocycles. The Morgan fingerprint density at radius 1 is 1.36 bits per heavy atom. The van der Waals surface area contributed by atoms with Gasteiger partial charge in [0.1, 0.15) is 0 Å². The Labute approximate surface area is 134 Å². The molecule has 1 amide bonds. The third kappa shape index (κ3) is 2.68. The highest BCUT2D eigenvalue weighted by atomic mass is 32.2. The fourth-order valence-electron chi connectivity index (χ4n) is 2.20. The molecule has 120 valence electrons. The van der Waals surface area contributed by atoms with E-state index < -0.39 is 21.2 Å². The van der Waals surface area contributed by atoms with E-state index in [9.17, 15) is 13.2 Å². The summed E-state index contributed by atoms with van der Waals surface area (Å²) in [5.74, 6) is -0.524. The summed E-state index contributed by atoms with van der Waals surface area (Å²) in [5.41, 5.74) is 1.90. The van der Waals surface area contributed by atoms with Gasteiger partial charge in [0, 0.05) is 30.0 Å². The van der Waals surface area contributed by atoms with E-state index in [1.807, 2.05) is 16.9 Å². The first kappa shape index (κ1) is 16.7. The summed E-state index contributed by atoms with van der Waals surface area (Å²) in [5, 5.41) is 1.96. The van der Waals surface area contributed by atoms with Crippen LogP contribution < -0.4 is 0 Å². The van der Waals surface area contributed by atoms with Gasteiger partial charge >= 0.3 is 0 Å². The van der Waals surface area contributed by atoms with Crippen LogP contribution in [0.15, 0.2) is 17.6 Å². The van der Waals surface area contributed by atoms with Crippen LogP contribution in [0.3, 0.4) is 0 Å². The Morgan fingerprint density at radius 2 is 2.00 bits per heavy atom. The van der Waals surface area contributed by atoms with Crippen LogP contribution in [0.5, 0.6) is 0 Å². The minimum Gasteiger partial charge on any atom is -0.294 e. The predicted molar refractivity (Wildman–Crippen MR) is 87.1 cm³/mol. The van der Waals surface area contributed by atoms with Crippen molar-refractivity contribution in [3.05, 3.63) is 34.6 Å². The van der Waals surface area contributed by atoms with Crippen LogP contribution in [0, 0.1) is 13.8 Å². The molecule has 0 radical (unpaired) electrons. The summed E-state index contributed by atoms with van der Waals surface area (Å²) >= 11 is 1.46. The van der Waals surface area contributed by atoms with E-state index in [1.54, 1.807) is 33.0 Å². The average molecular weight is 341 g/mol. The Hall–Kier alpha value is -1.67. The number of carbonyl (C=O) groups excluding carboxylic acids is 1. The number of carbonyl (C=O) groups is 1. The SMILES string of the molecule is Cc1cc(C(=O)N(C)S(=O)(=O)C(C)C)c(C)n1-c1nccs1. The van der Waals surface area contributed by atoms with Crippen molar-refractivity contribution in [3.8, 4) is 5.13 Å². The van der Waals surface area contributed by atoms with Crippen molar-refractivity contribution in [1.82, 2.24) is 13.9 Å². The van der Waals surface area contributed by atoms with Gasteiger partial charge in [-0.2, -0.15) is 0 Å². The molecule has 2 heterocycles. The van der Waals surface area contributed by atoms with Gasteiger partial charge in [-0.15, -0.1) is 11.3 Å². The van der Waals surface area contributed by atoms with Crippen molar-refractivity contribution < 1.29 is 13.2 Å². The van der Waals surface area contributed by atoms with Gasteiger partial charge in [0.05, 0.1) is 10.8 Å². The zero-order valence-corrected chi connectivity index (χ0v) is 14.8. The molecule has 0 saturated heterocycles. The fraction of sp³-hybridized carbons (Fsp3) is 0.429. The highest BCUT2D eigenvalue weighted by molar-refractivity contribution is 7.90. The monoisotopic (exact) mass is 341 g/mol. The minimum atomic E-state index is -3.64. The maximum Gasteiger partial charge on any atom is 0.268 e. The molecule has 0 aliphatic carbocycles. The molecule has 0 aromatic carbocycles. The lowest BCUT2D eigenvalue weighted by Crippen LogP contribution is -2.38. The Bertz CT molecular complexity index is 790. The van der Waals surface area contributed by atoms with Crippen molar-refractivity contribution in [2.75, 3.05) is 7.05 Å². The van der Waals surface area contributed by atoms with E-state index in [0.29, 0.717) is 11.3 Å². The van der Waals surface area contributed by atoms with Gasteiger partial charge in [0.2, 0.25) is 10.0 Å². The first-order chi connectivity index (χ1) is 10.2. The zero-order valence-electron chi connectivity index (χ0n) is 13.2. The van der Waals surface area contributed by atoms with Gasteiger partial charge in [-0.05, 0) is 33.8 Å². The fourth-order valence-corrected chi connectivity index (χ4v) is 3.91. The number of rotatable bonds is 4. The van der Waals surface area contributed by atoms with Gasteiger partial charge in [0.25, 0.3) is 5.91 Å². The highest BCUT2D eigenvalue weighted by Gasteiger charge is 2.30. The number of aryl methyl sites for hydroxylation is 1. The summed E-state index contributed by atoms with van der Waals surface area (Å²) in [6, 6.07) is 1.70. The second kappa shape index (κ2) is 5.85. The molecule has 0 aliphatic rings. The Balaban J connectivity index is 2.47. The van der Waals surface area contributed by atoms with Crippen molar-refractivity contribution in [1.29, 1.82) is 0 Å². The van der Waals surface area contributed by atoms with Crippen LogP contribution in [-0.4, -0.2) is 40.5 Å². The molecule has 0 bridgehead atoms. The maximum atomic E-state index is 12.6. The molecule has 22 heavy (non-hydrogen) atoms. The molecule has 0 saturated carbocycles. The van der Waals surface area contributed by atoms with Gasteiger partial charge in [0.15, 0.2) is 5.13 Å². The van der Waals surface area contributed by atoms with Crippen molar-refractivity contribution in [2.45, 2.75) is 32.9 Å². The number of amides is 1. The van der Waals surface area contributed by atoms with E-state index in [1.165, 1.54) is 18.4 Å². The highest BCUT2D eigenvalue weighted by Crippen LogP contribution is 2.24. The van der Waals surface area contributed by atoms with Gasteiger partial charge < -0.3 is 0 Å². The smallest absolute Gasteiger partial charge is 0.268 e. The number of nitrogens with zero attached hydrogens (tertiary/aromatic N) is 3. The van der Waals surface area contributed by atoms with E-state index >= 15 is 0 Å². The van der Waals surface area contributed by atoms with Gasteiger partial charge in [-0.1, -0.05) is 0 Å². The van der Waals surface area contributed by atoms with E-state index in [0.717, 1.165) is 15.1 Å². The van der Waals surface area contributed by atoms with E-state index in [2.05, 4.69) is 4.98 Å². The van der Waals surface area contributed by atoms with Crippen LogP contribution in [0.25, 0.3) is 5.13 Å². The standard InChI is InChI=1S/C14H19N3O3S2/c1-9(2)22(19,20)16(5)13(18)12-8-10(3)17(11(12)4)14-15-6-7-21-14/h6-9H,1-5H3. The third-order valence-electron chi connectivity index (χ3n) is 3.54. The number of hydrogen-bond acceptors (Lipinski definition) is 5. The molecule has 0 N–H and O–H groups in total. The lowest BCUT2D eigenvalue weighted by Gasteiger charge is -2.20. The molecule has 2 aromatic rings. The number of thiazole rings is 1. The zero-order chi connectivity index (χ0) is 16.7. The number of hydrogen-bond donors (Lipinski definition) is 0. The summed E-state index contributed by atoms with van der Waals surface area (Å²) in [6.45, 7) is 6.76. The van der Waals surface area contributed by atoms with Crippen LogP contribution in [0.1, 0.15) is 35.6 Å². The molecular formula is C14H19N3O3S2. The molecule has 6 nitrogen and oxygen atoms in total. The van der Waals surface area contributed by atoms with Crippen LogP contribution in [0.4, 0.5) is 0 Å². The molecule has 0 unspecified atom stereocenters. The normalized spacial score (nSPS) is 11.9. The van der Waals surface area contributed by atoms with E-state index in [4.69, 9.17) is 0 Å². The largest absolute Gasteiger partial charge is 0.294 e. The quantitative estimate of drug-likeness (QED) is 0.856. The molecule has 8 heteroatoms. The molecule has 0 fully saturated rings. The van der Waals surface area contributed by atoms with Crippen LogP contribution in [0.2, 0.25) is 0 Å². The van der Waals surface area contributed by atoms with Crippen molar-refractivity contribution in [3.63, 3.8) is 0 Å². The lowest BCUT2D eigenvalue weighted by atomic mass is 10.2. The Morgan fingerprint density at radius 3 is 2.50 bits per heavy atom. The average Bonchev–Trinajstić information content (AvgIpc) is 3.05. The first-order valence-corrected chi connectivity index (χ1v) is 9.17. The molecule has 0 spiro atoms. The molecular weight excluding hydrogens is 322 g/mol. The second-order valence-electron chi connectivity index (χ2n) is 5.30. The maximum absolute atomic E-state index is 12.6. The third-order valence-corrected chi connectivity index (χ3v) is 6.41. The molecule has 2 rings (SSSR count). The summed E-state index contributed by atoms with van der Waals surface area (Å²) in [7, 11) is -2.34. The number of sulfonamides is 1. The summed E-state index contributed by atoms with van der Waals surface area (Å²) < 4.78 is 27.0. The summed E-state index contributed by atoms with van der Waals surface area (Å²) in [6.07, 6.45) is 1.69. The van der Waals surface area contributed by atoms with Gasteiger partial charge in [-0.3, -0.25) is 9.36 Å². The molecule has 0 atom stereocenters. The number of aromatic nitrogens is 2. The Kier molecular flexibility index (Phi) is 4.44.